The van der Waals surface area contributed by atoms with E-state index in [0.717, 1.165) is 89.0 Å². The maximum atomic E-state index is 14.0. The summed E-state index contributed by atoms with van der Waals surface area (Å²) in [6.45, 7) is 9.41. The number of aliphatic hydroxyl groups is 1. The average molecular weight is 1480 g/mol. The van der Waals surface area contributed by atoms with Crippen molar-refractivity contribution in [3.8, 4) is 0 Å². The number of carbonyl (C=O) groups is 6. The Morgan fingerprint density at radius 2 is 0.660 bits per heavy atom. The number of halogens is 10. The highest BCUT2D eigenvalue weighted by atomic mass is 79.9. The molecule has 0 radical (unpaired) electrons. The predicted octanol–water partition coefficient (Wildman–Crippen LogP) is 20.1. The molecule has 27 heteroatoms. The number of β-amino-alcohol motifs (C(OH)–C–C–N with tert-alkyl or cyclic N) is 1. The molecule has 0 aromatic heterocycles. The number of fused-ring (bicyclic) bond motifs is 3. The lowest BCUT2D eigenvalue weighted by Crippen LogP contribution is -2.48. The number of aryl methyl sites for hydroxylation is 1. The molecule has 12 amide bonds. The average Bonchev–Trinajstić information content (AvgIpc) is 1.64. The van der Waals surface area contributed by atoms with E-state index >= 15 is 0 Å². The molecule has 0 aliphatic carbocycles. The summed E-state index contributed by atoms with van der Waals surface area (Å²) in [6, 6.07) is 50.4. The summed E-state index contributed by atoms with van der Waals surface area (Å²) in [7, 11) is 0. The Balaban J connectivity index is 0.000000156. The van der Waals surface area contributed by atoms with Crippen molar-refractivity contribution in [2.75, 3.05) is 76.8 Å². The van der Waals surface area contributed by atoms with Crippen molar-refractivity contribution in [2.24, 2.45) is 0 Å². The van der Waals surface area contributed by atoms with Crippen LogP contribution in [0.25, 0.3) is 0 Å². The first-order valence-corrected chi connectivity index (χ1v) is 33.6. The Hall–Kier alpha value is -11.0. The number of nitrogens with zero attached hydrogens (tertiary/aromatic N) is 10. The largest absolute Gasteiger partial charge is 0.416 e. The molecule has 0 saturated carbocycles. The van der Waals surface area contributed by atoms with E-state index in [1.165, 1.54) is 32.9 Å². The molecule has 4 heterocycles. The fourth-order valence-corrected chi connectivity index (χ4v) is 12.7. The maximum Gasteiger partial charge on any atom is 0.416 e. The topological polar surface area (TPSA) is 155 Å². The predicted molar refractivity (Wildman–Crippen MR) is 382 cm³/mol. The number of rotatable bonds is 12. The number of para-hydroxylation sites is 3. The van der Waals surface area contributed by atoms with Crippen molar-refractivity contribution in [2.45, 2.75) is 70.6 Å². The number of likely N-dealkylation sites (tertiary alicyclic amines) is 1. The Kier molecular flexibility index (Phi) is 21.5. The van der Waals surface area contributed by atoms with Crippen molar-refractivity contribution in [3.05, 3.63) is 252 Å². The maximum absolute atomic E-state index is 14.0. The minimum atomic E-state index is -4.63. The van der Waals surface area contributed by atoms with Crippen molar-refractivity contribution >= 4 is 120 Å². The molecule has 1 fully saturated rings. The van der Waals surface area contributed by atoms with Crippen molar-refractivity contribution < 1.29 is 73.4 Å². The number of hydrogen-bond acceptors (Lipinski definition) is 8. The van der Waals surface area contributed by atoms with Crippen molar-refractivity contribution in [1.29, 1.82) is 0 Å². The highest BCUT2D eigenvalue weighted by Gasteiger charge is 2.45. The number of aliphatic hydroxyl groups excluding tert-OH is 1. The van der Waals surface area contributed by atoms with E-state index < -0.39 is 71.4 Å². The van der Waals surface area contributed by atoms with Crippen LogP contribution >= 0.6 is 15.9 Å². The first-order chi connectivity index (χ1) is 49.1. The van der Waals surface area contributed by atoms with Crippen molar-refractivity contribution in [1.82, 2.24) is 4.90 Å². The number of anilines is 12. The molecule has 4 aliphatic heterocycles. The molecule has 1 atom stereocenters. The second-order valence-electron chi connectivity index (χ2n) is 24.0. The Morgan fingerprint density at radius 3 is 0.932 bits per heavy atom. The fourth-order valence-electron chi connectivity index (χ4n) is 12.3. The standard InChI is InChI=1S/C28H27F3N4O3.C24H19BrF3N3O2.C24H20F3N3O2/c1-2-33-24-13-10-20(28(29,30)31)16-25(24)34(21-6-4-3-5-7-21)27(38)35(26(33)37)22-11-8-19(9-12-22)17-32-15-14-23(36)18-32;1-2-29-20-13-10-17(24(26,27)28)14-21(20)30(18-6-4-3-5-7-18)23(33)31(22(29)32)19-11-8-16(15-25)9-12-19;1-3-28-20-14-11-17(24(25,26)27)15-21(20)29(18-7-5-4-6-8-18)23(32)30(22(28)31)19-12-9-16(2)10-13-19/h3-13,16,23,36H,2,14-15,17-18H2,1H3;3-14H,2,15H2,1H3;4-15H,3H2,1-2H3/t23-;;/m1../s1. The van der Waals surface area contributed by atoms with E-state index in [0.29, 0.717) is 59.0 Å². The number of imide groups is 3. The van der Waals surface area contributed by atoms with E-state index in [1.807, 2.05) is 19.1 Å². The number of hydrogen-bond donors (Lipinski definition) is 1. The van der Waals surface area contributed by atoms with Gasteiger partial charge in [-0.25, -0.2) is 43.5 Å². The Labute approximate surface area is 595 Å². The number of amides is 12. The van der Waals surface area contributed by atoms with Crippen LogP contribution in [-0.4, -0.2) is 85.0 Å². The van der Waals surface area contributed by atoms with Gasteiger partial charge in [-0.3, -0.25) is 34.3 Å². The first kappa shape index (κ1) is 73.2. The molecule has 9 aromatic carbocycles. The zero-order valence-corrected chi connectivity index (χ0v) is 57.3. The minimum absolute atomic E-state index is 0.0131. The SMILES string of the molecule is CCN1C(=O)N(c2ccc(C)cc2)C(=O)N(c2ccccc2)c2cc(C(F)(F)F)ccc21.CCN1C(=O)N(c2ccc(CBr)cc2)C(=O)N(c2ccccc2)c2cc(C(F)(F)F)ccc21.CCN1C(=O)N(c2ccc(CN3CC[C@@H](O)C3)cc2)C(=O)N(c2ccccc2)c2cc(C(F)(F)F)ccc21. The van der Waals surface area contributed by atoms with Gasteiger partial charge in [0.05, 0.1) is 91.0 Å². The third kappa shape index (κ3) is 15.3. The summed E-state index contributed by atoms with van der Waals surface area (Å²) >= 11 is 3.36. The van der Waals surface area contributed by atoms with Gasteiger partial charge >= 0.3 is 54.7 Å². The second-order valence-corrected chi connectivity index (χ2v) is 24.6. The smallest absolute Gasteiger partial charge is 0.392 e. The van der Waals surface area contributed by atoms with E-state index in [4.69, 9.17) is 0 Å². The van der Waals surface area contributed by atoms with Crippen LogP contribution in [0.5, 0.6) is 0 Å². The monoisotopic (exact) mass is 1480 g/mol. The third-order valence-corrected chi connectivity index (χ3v) is 18.0. The normalized spacial score (nSPS) is 16.0. The molecule has 103 heavy (non-hydrogen) atoms. The molecule has 532 valence electrons. The van der Waals surface area contributed by atoms with Gasteiger partial charge in [-0.2, -0.15) is 39.5 Å². The fraction of sp³-hybridized carbons (Fsp3) is 0.211. The number of urea groups is 6. The van der Waals surface area contributed by atoms with Crippen LogP contribution in [0, 0.1) is 6.92 Å². The molecular formula is C76H66BrF9N10O7. The van der Waals surface area contributed by atoms with E-state index in [-0.39, 0.29) is 59.9 Å². The summed E-state index contributed by atoms with van der Waals surface area (Å²) < 4.78 is 122. The van der Waals surface area contributed by atoms with Gasteiger partial charge in [-0.05, 0) is 173 Å². The Bertz CT molecular complexity index is 4600. The zero-order chi connectivity index (χ0) is 73.8. The van der Waals surface area contributed by atoms with E-state index in [9.17, 15) is 73.4 Å². The van der Waals surface area contributed by atoms with E-state index in [2.05, 4.69) is 20.8 Å². The summed E-state index contributed by atoms with van der Waals surface area (Å²) in [5.74, 6) is 0. The molecule has 0 bridgehead atoms. The van der Waals surface area contributed by atoms with Gasteiger partial charge in [-0.1, -0.05) is 112 Å². The van der Waals surface area contributed by atoms with Crippen LogP contribution in [0.3, 0.4) is 0 Å². The molecule has 0 unspecified atom stereocenters. The van der Waals surface area contributed by atoms with Crippen LogP contribution in [-0.2, 0) is 30.4 Å². The lowest BCUT2D eigenvalue weighted by molar-refractivity contribution is -0.138. The van der Waals surface area contributed by atoms with Gasteiger partial charge in [0.1, 0.15) is 0 Å². The second kappa shape index (κ2) is 30.3. The van der Waals surface area contributed by atoms with Crippen LogP contribution in [0.15, 0.2) is 218 Å². The lowest BCUT2D eigenvalue weighted by Gasteiger charge is -2.27. The number of alkyl halides is 10. The van der Waals surface area contributed by atoms with E-state index in [1.54, 1.807) is 172 Å². The first-order valence-electron chi connectivity index (χ1n) is 32.5. The summed E-state index contributed by atoms with van der Waals surface area (Å²) in [4.78, 5) is 94.8. The van der Waals surface area contributed by atoms with Crippen LogP contribution < -0.4 is 44.1 Å². The third-order valence-electron chi connectivity index (χ3n) is 17.4. The molecule has 0 spiro atoms. The van der Waals surface area contributed by atoms with Crippen LogP contribution in [0.1, 0.15) is 60.6 Å². The summed E-state index contributed by atoms with van der Waals surface area (Å²) in [6.07, 6.45) is -13.5. The quantitative estimate of drug-likeness (QED) is 0.0936. The molecular weight excluding hydrogens is 1420 g/mol. The van der Waals surface area contributed by atoms with Gasteiger partial charge in [-0.15, -0.1) is 0 Å². The Morgan fingerprint density at radius 1 is 0.369 bits per heavy atom. The minimum Gasteiger partial charge on any atom is -0.392 e. The molecule has 13 rings (SSSR count). The van der Waals surface area contributed by atoms with Gasteiger partial charge in [0.2, 0.25) is 0 Å². The summed E-state index contributed by atoms with van der Waals surface area (Å²) in [5.41, 5.74) is 2.64. The molecule has 1 N–H and O–H groups in total. The number of carbonyl (C=O) groups excluding carboxylic acids is 6. The molecule has 9 aromatic rings. The molecule has 17 nitrogen and oxygen atoms in total. The van der Waals surface area contributed by atoms with Crippen LogP contribution in [0.2, 0.25) is 0 Å². The van der Waals surface area contributed by atoms with Gasteiger partial charge in [0, 0.05) is 44.6 Å². The lowest BCUT2D eigenvalue weighted by atomic mass is 10.1. The zero-order valence-electron chi connectivity index (χ0n) is 55.7. The number of benzene rings is 9. The molecule has 1 saturated heterocycles. The molecule has 4 aliphatic rings. The van der Waals surface area contributed by atoms with Gasteiger partial charge in [0.25, 0.3) is 0 Å². The summed E-state index contributed by atoms with van der Waals surface area (Å²) in [5, 5.41) is 10.4. The van der Waals surface area contributed by atoms with Crippen molar-refractivity contribution in [3.63, 3.8) is 0 Å². The van der Waals surface area contributed by atoms with Gasteiger partial charge in [0.15, 0.2) is 0 Å². The highest BCUT2D eigenvalue weighted by molar-refractivity contribution is 9.08. The van der Waals surface area contributed by atoms with Crippen LogP contribution in [0.4, 0.5) is 137 Å². The van der Waals surface area contributed by atoms with Gasteiger partial charge < -0.3 is 5.11 Å². The highest BCUT2D eigenvalue weighted by Crippen LogP contribution is 2.47.